The third kappa shape index (κ3) is 3.71. The molecule has 0 saturated heterocycles. The van der Waals surface area contributed by atoms with Gasteiger partial charge in [-0.25, -0.2) is 8.42 Å². The van der Waals surface area contributed by atoms with Gasteiger partial charge in [0.1, 0.15) is 16.7 Å². The normalized spacial score (nSPS) is 12.3. The molecule has 11 heteroatoms. The smallest absolute Gasteiger partial charge is 0.417 e. The van der Waals surface area contributed by atoms with E-state index in [0.29, 0.717) is 6.07 Å². The van der Waals surface area contributed by atoms with Crippen molar-refractivity contribution in [3.8, 4) is 11.8 Å². The molecule has 110 valence electrons. The zero-order chi connectivity index (χ0) is 15.7. The van der Waals surface area contributed by atoms with Crippen molar-refractivity contribution in [1.82, 2.24) is 0 Å². The fraction of sp³-hybridized carbons (Fsp3) is 0.222. The summed E-state index contributed by atoms with van der Waals surface area (Å²) < 4.78 is 88.1. The maximum atomic E-state index is 12.7. The molecule has 0 bridgehead atoms. The van der Waals surface area contributed by atoms with E-state index < -0.39 is 43.6 Å². The van der Waals surface area contributed by atoms with Crippen LogP contribution in [-0.2, 0) is 15.2 Å². The molecule has 4 nitrogen and oxygen atoms in total. The van der Waals surface area contributed by atoms with Crippen LogP contribution in [0.3, 0.4) is 0 Å². The lowest BCUT2D eigenvalue weighted by Crippen LogP contribution is -2.12. The minimum absolute atomic E-state index is 0.0935. The van der Waals surface area contributed by atoms with E-state index in [4.69, 9.17) is 15.9 Å². The average Bonchev–Trinajstić information content (AvgIpc) is 2.24. The molecule has 0 amide bonds. The molecule has 1 rings (SSSR count). The van der Waals surface area contributed by atoms with Gasteiger partial charge in [-0.15, -0.1) is 0 Å². The van der Waals surface area contributed by atoms with E-state index in [-0.39, 0.29) is 6.07 Å². The molecule has 0 spiro atoms. The summed E-state index contributed by atoms with van der Waals surface area (Å²) in [5, 5.41) is 8.64. The van der Waals surface area contributed by atoms with Crippen LogP contribution in [0.15, 0.2) is 17.0 Å². The molecular weight excluding hydrogens is 333 g/mol. The number of alkyl halides is 5. The summed E-state index contributed by atoms with van der Waals surface area (Å²) in [6.07, 6.45) is -5.15. The van der Waals surface area contributed by atoms with Gasteiger partial charge in [-0.1, -0.05) is 0 Å². The molecule has 0 atom stereocenters. The largest absolute Gasteiger partial charge is 0.435 e. The Labute approximate surface area is 113 Å². The van der Waals surface area contributed by atoms with Crippen LogP contribution in [0.1, 0.15) is 11.1 Å². The Hall–Kier alpha value is -1.60. The van der Waals surface area contributed by atoms with Crippen molar-refractivity contribution in [2.45, 2.75) is 17.7 Å². The number of ether oxygens (including phenoxy) is 1. The van der Waals surface area contributed by atoms with Crippen molar-refractivity contribution in [3.63, 3.8) is 0 Å². The van der Waals surface area contributed by atoms with Crippen LogP contribution in [0.5, 0.6) is 5.75 Å². The Morgan fingerprint density at radius 1 is 1.30 bits per heavy atom. The molecule has 0 heterocycles. The second-order valence-electron chi connectivity index (χ2n) is 3.27. The Bertz CT molecular complexity index is 665. The van der Waals surface area contributed by atoms with Crippen LogP contribution in [0.4, 0.5) is 22.0 Å². The van der Waals surface area contributed by atoms with Crippen LogP contribution in [0.2, 0.25) is 0 Å². The monoisotopic (exact) mass is 335 g/mol. The van der Waals surface area contributed by atoms with Gasteiger partial charge in [-0.05, 0) is 6.07 Å². The van der Waals surface area contributed by atoms with Gasteiger partial charge in [0.05, 0.1) is 11.1 Å². The van der Waals surface area contributed by atoms with Crippen LogP contribution < -0.4 is 4.74 Å². The van der Waals surface area contributed by atoms with Crippen molar-refractivity contribution in [1.29, 1.82) is 5.26 Å². The quantitative estimate of drug-likeness (QED) is 0.629. The second-order valence-corrected chi connectivity index (χ2v) is 5.80. The fourth-order valence-corrected chi connectivity index (χ4v) is 2.31. The molecule has 0 unspecified atom stereocenters. The number of halogens is 6. The van der Waals surface area contributed by atoms with Crippen molar-refractivity contribution >= 4 is 19.7 Å². The van der Waals surface area contributed by atoms with E-state index in [1.165, 1.54) is 0 Å². The molecule has 0 aliphatic carbocycles. The van der Waals surface area contributed by atoms with E-state index in [2.05, 4.69) is 4.74 Å². The van der Waals surface area contributed by atoms with Crippen molar-refractivity contribution in [3.05, 3.63) is 23.3 Å². The highest BCUT2D eigenvalue weighted by Gasteiger charge is 2.37. The lowest BCUT2D eigenvalue weighted by molar-refractivity contribution is -0.138. The molecule has 0 radical (unpaired) electrons. The first kappa shape index (κ1) is 16.5. The predicted molar refractivity (Wildman–Crippen MR) is 55.8 cm³/mol. The minimum atomic E-state index is -5.15. The van der Waals surface area contributed by atoms with Gasteiger partial charge >= 0.3 is 12.8 Å². The third-order valence-electron chi connectivity index (χ3n) is 1.98. The average molecular weight is 336 g/mol. The summed E-state index contributed by atoms with van der Waals surface area (Å²) >= 11 is 0. The van der Waals surface area contributed by atoms with E-state index in [9.17, 15) is 30.4 Å². The number of nitriles is 1. The van der Waals surface area contributed by atoms with Crippen molar-refractivity contribution < 1.29 is 35.1 Å². The van der Waals surface area contributed by atoms with E-state index in [1.807, 2.05) is 0 Å². The number of nitrogens with zero attached hydrogens (tertiary/aromatic N) is 1. The Morgan fingerprint density at radius 3 is 2.20 bits per heavy atom. The van der Waals surface area contributed by atoms with Gasteiger partial charge in [-0.3, -0.25) is 0 Å². The summed E-state index contributed by atoms with van der Waals surface area (Å²) in [5.41, 5.74) is -3.04. The van der Waals surface area contributed by atoms with Crippen molar-refractivity contribution in [2.24, 2.45) is 0 Å². The van der Waals surface area contributed by atoms with Gasteiger partial charge in [0.25, 0.3) is 9.05 Å². The molecule has 0 aliphatic rings. The highest BCUT2D eigenvalue weighted by atomic mass is 35.7. The second kappa shape index (κ2) is 5.41. The van der Waals surface area contributed by atoms with E-state index in [1.54, 1.807) is 0 Å². The highest BCUT2D eigenvalue weighted by molar-refractivity contribution is 8.13. The summed E-state index contributed by atoms with van der Waals surface area (Å²) in [5.74, 6) is -1.08. The van der Waals surface area contributed by atoms with Gasteiger partial charge in [0.15, 0.2) is 0 Å². The number of hydrogen-bond acceptors (Lipinski definition) is 4. The van der Waals surface area contributed by atoms with Gasteiger partial charge in [0.2, 0.25) is 0 Å². The third-order valence-corrected chi connectivity index (χ3v) is 3.33. The highest BCUT2D eigenvalue weighted by Crippen LogP contribution is 2.38. The topological polar surface area (TPSA) is 67.2 Å². The van der Waals surface area contributed by atoms with Gasteiger partial charge in [0, 0.05) is 16.7 Å². The minimum Gasteiger partial charge on any atom is -0.435 e. The molecule has 1 aromatic rings. The summed E-state index contributed by atoms with van der Waals surface area (Å²) in [4.78, 5) is -1.26. The molecule has 0 N–H and O–H groups in total. The zero-order valence-electron chi connectivity index (χ0n) is 9.08. The Kier molecular flexibility index (Phi) is 4.45. The van der Waals surface area contributed by atoms with E-state index >= 15 is 0 Å². The first-order chi connectivity index (χ1) is 8.96. The molecule has 0 aromatic heterocycles. The summed E-state index contributed by atoms with van der Waals surface area (Å²) in [6.45, 7) is -3.48. The number of benzene rings is 1. The zero-order valence-corrected chi connectivity index (χ0v) is 10.7. The fourth-order valence-electron chi connectivity index (χ4n) is 1.29. The predicted octanol–water partition coefficient (Wildman–Crippen LogP) is 3.11. The summed E-state index contributed by atoms with van der Waals surface area (Å²) in [6, 6.07) is 1.45. The van der Waals surface area contributed by atoms with Gasteiger partial charge < -0.3 is 4.74 Å². The SMILES string of the molecule is N#Cc1c(C(F)(F)F)cc(OC(F)F)cc1S(=O)(=O)Cl. The molecular formula is C9H3ClF5NO3S. The lowest BCUT2D eigenvalue weighted by atomic mass is 10.1. The molecule has 1 aromatic carbocycles. The number of hydrogen-bond donors (Lipinski definition) is 0. The maximum absolute atomic E-state index is 12.7. The van der Waals surface area contributed by atoms with Crippen molar-refractivity contribution in [2.75, 3.05) is 0 Å². The standard InChI is InChI=1S/C9H3ClF5NO3S/c10-20(17,18)7-2-4(19-8(11)12)1-6(5(7)3-16)9(13,14)15/h1-2,8H. The molecule has 0 saturated carbocycles. The van der Waals surface area contributed by atoms with Gasteiger partial charge in [-0.2, -0.15) is 27.2 Å². The number of rotatable bonds is 3. The molecule has 0 fully saturated rings. The van der Waals surface area contributed by atoms with E-state index in [0.717, 1.165) is 6.07 Å². The molecule has 0 aliphatic heterocycles. The Morgan fingerprint density at radius 2 is 1.85 bits per heavy atom. The Balaban J connectivity index is 3.71. The lowest BCUT2D eigenvalue weighted by Gasteiger charge is -2.13. The van der Waals surface area contributed by atoms with Crippen LogP contribution in [0.25, 0.3) is 0 Å². The maximum Gasteiger partial charge on any atom is 0.417 e. The van der Waals surface area contributed by atoms with Crippen LogP contribution >= 0.6 is 10.7 Å². The summed E-state index contributed by atoms with van der Waals surface area (Å²) in [7, 11) is 0.122. The first-order valence-corrected chi connectivity index (χ1v) is 6.82. The molecule has 20 heavy (non-hydrogen) atoms. The van der Waals surface area contributed by atoms with Crippen LogP contribution in [0, 0.1) is 11.3 Å². The van der Waals surface area contributed by atoms with Crippen LogP contribution in [-0.4, -0.2) is 15.0 Å². The first-order valence-electron chi connectivity index (χ1n) is 4.51.